The Morgan fingerprint density at radius 2 is 1.80 bits per heavy atom. The third kappa shape index (κ3) is 1.97. The third-order valence-corrected chi connectivity index (χ3v) is 1.06. The molecule has 0 aromatic heterocycles. The van der Waals surface area contributed by atoms with Gasteiger partial charge in [-0.15, -0.1) is 0 Å². The summed E-state index contributed by atoms with van der Waals surface area (Å²) in [6.07, 6.45) is 0. The van der Waals surface area contributed by atoms with Gasteiger partial charge in [0.1, 0.15) is 0 Å². The van der Waals surface area contributed by atoms with Crippen molar-refractivity contribution in [3.05, 3.63) is 0 Å². The Morgan fingerprint density at radius 1 is 1.40 bits per heavy atom. The number of carboxylic acids is 1. The molecule has 0 radical (unpaired) electrons. The summed E-state index contributed by atoms with van der Waals surface area (Å²) >= 11 is 0. The summed E-state index contributed by atoms with van der Waals surface area (Å²) in [5.41, 5.74) is -0.748. The van der Waals surface area contributed by atoms with Crippen molar-refractivity contribution in [3.63, 3.8) is 0 Å². The van der Waals surface area contributed by atoms with E-state index in [1.54, 1.807) is 13.8 Å². The maximum atomic E-state index is 10.1. The molecular weight excluding hydrogens is 132 g/mol. The van der Waals surface area contributed by atoms with Crippen molar-refractivity contribution >= 4 is 17.4 Å². The van der Waals surface area contributed by atoms with Crippen molar-refractivity contribution in [3.8, 4) is 0 Å². The highest BCUT2D eigenvalue weighted by Gasteiger charge is 2.15. The average Bonchev–Trinajstić information content (AvgIpc) is 1.84. The first-order chi connectivity index (χ1) is 4.46. The van der Waals surface area contributed by atoms with E-state index in [1.807, 2.05) is 0 Å². The van der Waals surface area contributed by atoms with Gasteiger partial charge in [0.05, 0.1) is 5.71 Å². The van der Waals surface area contributed by atoms with Crippen LogP contribution in [0.4, 0.5) is 0 Å². The zero-order chi connectivity index (χ0) is 8.31. The Morgan fingerprint density at radius 3 is 1.90 bits per heavy atom. The largest absolute Gasteiger partial charge is 0.476 e. The summed E-state index contributed by atoms with van der Waals surface area (Å²) in [4.78, 5) is 10.1. The molecule has 56 valence electrons. The van der Waals surface area contributed by atoms with Crippen LogP contribution in [0.25, 0.3) is 0 Å². The molecule has 0 aromatic rings. The van der Waals surface area contributed by atoms with Gasteiger partial charge < -0.3 is 10.5 Å². The van der Waals surface area contributed by atoms with Crippen LogP contribution in [-0.2, 0) is 4.79 Å². The summed E-state index contributed by atoms with van der Waals surface area (Å²) in [6, 6.07) is 0. The minimum atomic E-state index is -1.33. The van der Waals surface area contributed by atoms with Crippen LogP contribution >= 0.6 is 0 Å². The van der Waals surface area contributed by atoms with Crippen LogP contribution < -0.4 is 0 Å². The van der Waals surface area contributed by atoms with E-state index in [-0.39, 0.29) is 11.6 Å². The van der Waals surface area contributed by atoms with Crippen LogP contribution in [-0.4, -0.2) is 22.5 Å². The summed E-state index contributed by atoms with van der Waals surface area (Å²) < 4.78 is 0. The summed E-state index contributed by atoms with van der Waals surface area (Å²) in [5, 5.41) is 22.2. The van der Waals surface area contributed by atoms with Gasteiger partial charge in [0.2, 0.25) is 0 Å². The molecule has 0 saturated carbocycles. The molecule has 0 spiro atoms. The Bertz CT molecular complexity index is 184. The van der Waals surface area contributed by atoms with Crippen LogP contribution in [0.3, 0.4) is 0 Å². The SMILES string of the molecule is CC(C)C(=N)C(=N)C(=O)O. The van der Waals surface area contributed by atoms with Crippen molar-refractivity contribution in [2.45, 2.75) is 13.8 Å². The van der Waals surface area contributed by atoms with E-state index in [9.17, 15) is 4.79 Å². The molecule has 0 aliphatic rings. The molecule has 10 heavy (non-hydrogen) atoms. The Hall–Kier alpha value is -1.19. The van der Waals surface area contributed by atoms with Crippen molar-refractivity contribution < 1.29 is 9.90 Å². The minimum absolute atomic E-state index is 0.132. The Balaban J connectivity index is 4.24. The molecule has 0 fully saturated rings. The molecule has 0 aliphatic carbocycles. The van der Waals surface area contributed by atoms with Crippen LogP contribution in [0.2, 0.25) is 0 Å². The van der Waals surface area contributed by atoms with Gasteiger partial charge in [-0.25, -0.2) is 4.79 Å². The number of carboxylic acid groups (broad SMARTS) is 1. The predicted octanol–water partition coefficient (Wildman–Crippen LogP) is 0.767. The first-order valence-electron chi connectivity index (χ1n) is 2.87. The molecule has 0 rings (SSSR count). The lowest BCUT2D eigenvalue weighted by Gasteiger charge is -2.03. The fourth-order valence-electron chi connectivity index (χ4n) is 0.404. The van der Waals surface area contributed by atoms with E-state index in [0.29, 0.717) is 0 Å². The number of hydrogen-bond donors (Lipinski definition) is 3. The lowest BCUT2D eigenvalue weighted by molar-refractivity contribution is -0.129. The molecule has 0 atom stereocenters. The van der Waals surface area contributed by atoms with E-state index >= 15 is 0 Å². The third-order valence-electron chi connectivity index (χ3n) is 1.06. The van der Waals surface area contributed by atoms with E-state index in [4.69, 9.17) is 15.9 Å². The molecule has 4 nitrogen and oxygen atoms in total. The number of carbonyl (C=O) groups is 1. The maximum Gasteiger partial charge on any atom is 0.355 e. The number of rotatable bonds is 3. The summed E-state index contributed by atoms with van der Waals surface area (Å²) in [7, 11) is 0. The van der Waals surface area contributed by atoms with Gasteiger partial charge in [0, 0.05) is 0 Å². The fourth-order valence-corrected chi connectivity index (χ4v) is 0.404. The Kier molecular flexibility index (Phi) is 2.73. The second-order valence-corrected chi connectivity index (χ2v) is 2.25. The second kappa shape index (κ2) is 3.10. The van der Waals surface area contributed by atoms with Gasteiger partial charge in [0.25, 0.3) is 0 Å². The molecule has 0 heterocycles. The summed E-state index contributed by atoms with van der Waals surface area (Å²) in [6.45, 7) is 3.36. The fraction of sp³-hybridized carbons (Fsp3) is 0.500. The average molecular weight is 142 g/mol. The van der Waals surface area contributed by atoms with E-state index in [0.717, 1.165) is 0 Å². The predicted molar refractivity (Wildman–Crippen MR) is 37.9 cm³/mol. The molecule has 3 N–H and O–H groups in total. The zero-order valence-corrected chi connectivity index (χ0v) is 5.93. The van der Waals surface area contributed by atoms with Gasteiger partial charge >= 0.3 is 5.97 Å². The smallest absolute Gasteiger partial charge is 0.355 e. The topological polar surface area (TPSA) is 85.0 Å². The molecule has 0 aliphatic heterocycles. The number of aliphatic carboxylic acids is 1. The van der Waals surface area contributed by atoms with Gasteiger partial charge in [-0.1, -0.05) is 13.8 Å². The van der Waals surface area contributed by atoms with Gasteiger partial charge in [0.15, 0.2) is 5.71 Å². The number of nitrogens with one attached hydrogen (secondary N) is 2. The first kappa shape index (κ1) is 8.81. The van der Waals surface area contributed by atoms with E-state index in [2.05, 4.69) is 0 Å². The van der Waals surface area contributed by atoms with Crippen molar-refractivity contribution in [1.29, 1.82) is 10.8 Å². The number of hydrogen-bond acceptors (Lipinski definition) is 3. The maximum absolute atomic E-state index is 10.1. The van der Waals surface area contributed by atoms with Crippen LogP contribution in [0.15, 0.2) is 0 Å². The van der Waals surface area contributed by atoms with E-state index in [1.165, 1.54) is 0 Å². The van der Waals surface area contributed by atoms with E-state index < -0.39 is 11.7 Å². The molecule has 0 bridgehead atoms. The van der Waals surface area contributed by atoms with Crippen LogP contribution in [0.1, 0.15) is 13.8 Å². The molecular formula is C6H10N2O2. The van der Waals surface area contributed by atoms with Crippen molar-refractivity contribution in [1.82, 2.24) is 0 Å². The molecule has 0 unspecified atom stereocenters. The summed E-state index contributed by atoms with van der Waals surface area (Å²) in [5.74, 6) is -1.53. The van der Waals surface area contributed by atoms with Crippen LogP contribution in [0, 0.1) is 16.7 Å². The zero-order valence-electron chi connectivity index (χ0n) is 5.93. The molecule has 0 saturated heterocycles. The highest BCUT2D eigenvalue weighted by molar-refractivity contribution is 6.63. The van der Waals surface area contributed by atoms with Crippen molar-refractivity contribution in [2.24, 2.45) is 5.92 Å². The molecule has 0 amide bonds. The quantitative estimate of drug-likeness (QED) is 0.508. The van der Waals surface area contributed by atoms with Crippen LogP contribution in [0.5, 0.6) is 0 Å². The normalized spacial score (nSPS) is 9.50. The lowest BCUT2D eigenvalue weighted by atomic mass is 10.0. The second-order valence-electron chi connectivity index (χ2n) is 2.25. The Labute approximate surface area is 58.9 Å². The monoisotopic (exact) mass is 142 g/mol. The highest BCUT2D eigenvalue weighted by Crippen LogP contribution is 1.95. The first-order valence-corrected chi connectivity index (χ1v) is 2.87. The molecule has 4 heteroatoms. The minimum Gasteiger partial charge on any atom is -0.476 e. The van der Waals surface area contributed by atoms with Gasteiger partial charge in [-0.05, 0) is 5.92 Å². The highest BCUT2D eigenvalue weighted by atomic mass is 16.4. The van der Waals surface area contributed by atoms with Gasteiger partial charge in [-0.2, -0.15) is 0 Å². The standard InChI is InChI=1S/C6H10N2O2/c1-3(2)4(7)5(8)6(9)10/h3,7-8H,1-2H3,(H,9,10). The van der Waals surface area contributed by atoms with Gasteiger partial charge in [-0.3, -0.25) is 5.41 Å². The molecule has 0 aromatic carbocycles. The lowest BCUT2D eigenvalue weighted by Crippen LogP contribution is -2.25. The van der Waals surface area contributed by atoms with Crippen molar-refractivity contribution in [2.75, 3.05) is 0 Å².